The maximum Gasteiger partial charge on any atom is 0.123 e. The van der Waals surface area contributed by atoms with Crippen LogP contribution in [0.2, 0.25) is 0 Å². The molecule has 0 amide bonds. The van der Waals surface area contributed by atoms with Crippen molar-refractivity contribution in [2.75, 3.05) is 26.4 Å². The molecule has 2 unspecified atom stereocenters. The van der Waals surface area contributed by atoms with E-state index >= 15 is 0 Å². The van der Waals surface area contributed by atoms with Crippen LogP contribution in [0.1, 0.15) is 0 Å². The Bertz CT molecular complexity index is 492. The third kappa shape index (κ3) is 5.76. The fourth-order valence-electron chi connectivity index (χ4n) is 1.75. The number of hydrogen-bond donors (Lipinski definition) is 0. The molecule has 22 heavy (non-hydrogen) atoms. The van der Waals surface area contributed by atoms with E-state index in [0.29, 0.717) is 13.2 Å². The summed E-state index contributed by atoms with van der Waals surface area (Å²) in [4.78, 5) is 0. The maximum atomic E-state index is 5.56. The van der Waals surface area contributed by atoms with E-state index in [1.54, 1.807) is 0 Å². The van der Waals surface area contributed by atoms with Crippen molar-refractivity contribution in [2.24, 2.45) is 0 Å². The Balaban J connectivity index is 0.000000202. The summed E-state index contributed by atoms with van der Waals surface area (Å²) >= 11 is 0. The van der Waals surface area contributed by atoms with Gasteiger partial charge in [-0.1, -0.05) is 42.5 Å². The lowest BCUT2D eigenvalue weighted by Gasteiger charge is -2.07. The molecule has 0 radical (unpaired) electrons. The lowest BCUT2D eigenvalue weighted by molar-refractivity contribution is 0.252. The number of ether oxygens (including phenoxy) is 4. The molecule has 2 fully saturated rings. The molecule has 4 rings (SSSR count). The van der Waals surface area contributed by atoms with Gasteiger partial charge in [0.25, 0.3) is 0 Å². The van der Waals surface area contributed by atoms with Gasteiger partial charge in [0.1, 0.15) is 36.9 Å². The van der Waals surface area contributed by atoms with Crippen molar-refractivity contribution in [3.8, 4) is 11.5 Å². The summed E-state index contributed by atoms with van der Waals surface area (Å²) in [6.45, 7) is 2.87. The summed E-state index contributed by atoms with van der Waals surface area (Å²) in [6.07, 6.45) is 0.564. The van der Waals surface area contributed by atoms with Crippen molar-refractivity contribution in [3.05, 3.63) is 60.7 Å². The molecule has 2 saturated heterocycles. The summed E-state index contributed by atoms with van der Waals surface area (Å²) in [5, 5.41) is 0. The molecule has 2 aliphatic heterocycles. The monoisotopic (exact) mass is 300 g/mol. The number of rotatable bonds is 6. The topological polar surface area (TPSA) is 43.5 Å². The number of hydrogen-bond acceptors (Lipinski definition) is 4. The highest BCUT2D eigenvalue weighted by molar-refractivity contribution is 5.33. The van der Waals surface area contributed by atoms with Gasteiger partial charge >= 0.3 is 0 Å². The van der Waals surface area contributed by atoms with Crippen molar-refractivity contribution in [3.63, 3.8) is 0 Å². The third-order valence-electron chi connectivity index (χ3n) is 3.15. The van der Waals surface area contributed by atoms with Crippen LogP contribution in [0.5, 0.6) is 11.5 Å². The zero-order valence-electron chi connectivity index (χ0n) is 12.4. The molecule has 4 heteroatoms. The highest BCUT2D eigenvalue weighted by Gasteiger charge is 2.24. The van der Waals surface area contributed by atoms with Gasteiger partial charge in [-0.25, -0.2) is 0 Å². The van der Waals surface area contributed by atoms with Crippen molar-refractivity contribution in [2.45, 2.75) is 12.2 Å². The van der Waals surface area contributed by atoms with Crippen LogP contribution in [0.3, 0.4) is 0 Å². The largest absolute Gasteiger partial charge is 0.491 e. The average molecular weight is 300 g/mol. The first-order valence-electron chi connectivity index (χ1n) is 7.49. The third-order valence-corrected chi connectivity index (χ3v) is 3.15. The van der Waals surface area contributed by atoms with Crippen LogP contribution < -0.4 is 9.47 Å². The average Bonchev–Trinajstić information content (AvgIpc) is 3.49. The molecule has 2 aromatic carbocycles. The lowest BCUT2D eigenvalue weighted by Crippen LogP contribution is -2.06. The molecule has 0 saturated carbocycles. The van der Waals surface area contributed by atoms with E-state index in [4.69, 9.17) is 18.9 Å². The minimum atomic E-state index is 0.282. The van der Waals surface area contributed by atoms with Crippen LogP contribution in [0, 0.1) is 0 Å². The van der Waals surface area contributed by atoms with Crippen LogP contribution in [-0.2, 0) is 9.47 Å². The molecule has 2 aliphatic rings. The van der Waals surface area contributed by atoms with Crippen LogP contribution in [0.15, 0.2) is 60.7 Å². The summed E-state index contributed by atoms with van der Waals surface area (Å²) in [5.74, 6) is 1.65. The van der Waals surface area contributed by atoms with Crippen molar-refractivity contribution >= 4 is 0 Å². The van der Waals surface area contributed by atoms with Gasteiger partial charge in [0.05, 0.1) is 13.2 Å². The van der Waals surface area contributed by atoms with Crippen molar-refractivity contribution in [1.82, 2.24) is 0 Å². The van der Waals surface area contributed by atoms with Gasteiger partial charge in [-0.15, -0.1) is 0 Å². The first kappa shape index (κ1) is 14.9. The van der Waals surface area contributed by atoms with Crippen molar-refractivity contribution in [1.29, 1.82) is 0 Å². The first-order valence-corrected chi connectivity index (χ1v) is 7.49. The normalized spacial score (nSPS) is 21.3. The van der Waals surface area contributed by atoms with Crippen LogP contribution in [-0.4, -0.2) is 38.6 Å². The number of epoxide rings is 2. The predicted octanol–water partition coefficient (Wildman–Crippen LogP) is 2.93. The molecular formula is C18H20O4. The zero-order chi connectivity index (χ0) is 15.0. The van der Waals surface area contributed by atoms with Crippen molar-refractivity contribution < 1.29 is 18.9 Å². The Morgan fingerprint density at radius 1 is 0.727 bits per heavy atom. The Morgan fingerprint density at radius 2 is 1.14 bits per heavy atom. The fraction of sp³-hybridized carbons (Fsp3) is 0.333. The highest BCUT2D eigenvalue weighted by Crippen LogP contribution is 2.22. The van der Waals surface area contributed by atoms with E-state index in [-0.39, 0.29) is 12.2 Å². The Morgan fingerprint density at radius 3 is 1.50 bits per heavy atom. The second-order valence-electron chi connectivity index (χ2n) is 5.16. The minimum absolute atomic E-state index is 0.282. The van der Waals surface area contributed by atoms with E-state index in [2.05, 4.69) is 0 Å². The summed E-state index contributed by atoms with van der Waals surface area (Å²) in [6, 6.07) is 19.7. The molecule has 0 aliphatic carbocycles. The molecule has 0 spiro atoms. The minimum Gasteiger partial charge on any atom is -0.491 e. The van der Waals surface area contributed by atoms with Gasteiger partial charge in [-0.05, 0) is 12.1 Å². The highest BCUT2D eigenvalue weighted by atomic mass is 16.6. The van der Waals surface area contributed by atoms with Crippen LogP contribution in [0.4, 0.5) is 0 Å². The Labute approximate surface area is 130 Å². The van der Waals surface area contributed by atoms with Crippen LogP contribution in [0.25, 0.3) is 0 Å². The fourth-order valence-corrected chi connectivity index (χ4v) is 1.75. The summed E-state index contributed by atoms with van der Waals surface area (Å²) in [7, 11) is 0. The molecule has 2 atom stereocenters. The van der Waals surface area contributed by atoms with Gasteiger partial charge < -0.3 is 18.9 Å². The van der Waals surface area contributed by atoms with Crippen LogP contribution >= 0.6 is 0 Å². The molecule has 0 bridgehead atoms. The second kappa shape index (κ2) is 7.82. The summed E-state index contributed by atoms with van der Waals surface area (Å²) in [5.41, 5.74) is 0. The summed E-state index contributed by atoms with van der Waals surface area (Å²) < 4.78 is 21.3. The van der Waals surface area contributed by atoms with Gasteiger partial charge in [-0.2, -0.15) is 0 Å². The molecule has 0 aromatic heterocycles. The quantitative estimate of drug-likeness (QED) is 0.769. The Hall–Kier alpha value is -2.04. The zero-order valence-corrected chi connectivity index (χ0v) is 12.4. The van der Waals surface area contributed by atoms with Gasteiger partial charge in [0, 0.05) is 6.07 Å². The number of benzene rings is 2. The molecular weight excluding hydrogens is 280 g/mol. The van der Waals surface area contributed by atoms with Gasteiger partial charge in [0.2, 0.25) is 0 Å². The predicted molar refractivity (Wildman–Crippen MR) is 83.4 cm³/mol. The first-order chi connectivity index (χ1) is 10.9. The molecule has 0 N–H and O–H groups in total. The smallest absolute Gasteiger partial charge is 0.123 e. The van der Waals surface area contributed by atoms with E-state index in [0.717, 1.165) is 24.7 Å². The van der Waals surface area contributed by atoms with Gasteiger partial charge in [0.15, 0.2) is 0 Å². The standard InChI is InChI=1S/C12H14O4.C6H6/c1-2-9(13-5-11-7-15-11)4-10(3-1)14-6-12-8-16-12;1-2-4-6-5-3-1/h1-4,11-12H,5-8H2;1-6H. The maximum absolute atomic E-state index is 5.56. The molecule has 4 nitrogen and oxygen atoms in total. The van der Waals surface area contributed by atoms with E-state index < -0.39 is 0 Å². The second-order valence-corrected chi connectivity index (χ2v) is 5.16. The van der Waals surface area contributed by atoms with Gasteiger partial charge in [-0.3, -0.25) is 0 Å². The molecule has 2 aromatic rings. The van der Waals surface area contributed by atoms with E-state index in [1.807, 2.05) is 60.7 Å². The molecule has 2 heterocycles. The lowest BCUT2D eigenvalue weighted by atomic mass is 10.3. The van der Waals surface area contributed by atoms with E-state index in [1.165, 1.54) is 0 Å². The Kier molecular flexibility index (Phi) is 5.29. The van der Waals surface area contributed by atoms with E-state index in [9.17, 15) is 0 Å². The SMILES string of the molecule is c1cc(OCC2CO2)cc(OCC2CO2)c1.c1ccccc1. The molecule has 116 valence electrons.